The fourth-order valence-electron chi connectivity index (χ4n) is 3.42. The molecule has 1 aromatic carbocycles. The van der Waals surface area contributed by atoms with E-state index in [0.717, 1.165) is 37.5 Å². The van der Waals surface area contributed by atoms with Crippen LogP contribution in [0.15, 0.2) is 29.4 Å². The highest BCUT2D eigenvalue weighted by Crippen LogP contribution is 2.25. The van der Waals surface area contributed by atoms with E-state index in [2.05, 4.69) is 25.3 Å². The predicted octanol–water partition coefficient (Wildman–Crippen LogP) is 4.27. The molecule has 1 fully saturated rings. The molecule has 152 valence electrons. The van der Waals surface area contributed by atoms with E-state index >= 15 is 0 Å². The molecule has 1 aliphatic rings. The number of nitrogens with zero attached hydrogens (tertiary/aromatic N) is 5. The Morgan fingerprint density at radius 3 is 2.72 bits per heavy atom. The Bertz CT molecular complexity index is 1040. The molecule has 2 heterocycles. The molecule has 0 bridgehead atoms. The van der Waals surface area contributed by atoms with Crippen LogP contribution in [-0.4, -0.2) is 36.9 Å². The summed E-state index contributed by atoms with van der Waals surface area (Å²) in [6.07, 6.45) is 7.47. The minimum atomic E-state index is -0.721. The van der Waals surface area contributed by atoms with Crippen molar-refractivity contribution in [2.45, 2.75) is 45.1 Å². The number of fused-ring (bicyclic) bond motifs is 1. The van der Waals surface area contributed by atoms with Crippen LogP contribution in [0.2, 0.25) is 0 Å². The van der Waals surface area contributed by atoms with Crippen molar-refractivity contribution in [3.63, 3.8) is 0 Å². The van der Waals surface area contributed by atoms with Gasteiger partial charge in [-0.15, -0.1) is 0 Å². The number of halogens is 2. The fourth-order valence-corrected chi connectivity index (χ4v) is 3.42. The number of aliphatic hydroxyl groups excluding tert-OH is 1. The topological polar surface area (TPSA) is 88.2 Å². The number of aryl methyl sites for hydroxylation is 1. The van der Waals surface area contributed by atoms with Crippen LogP contribution < -0.4 is 5.32 Å². The second-order valence-electron chi connectivity index (χ2n) is 7.03. The first-order valence-corrected chi connectivity index (χ1v) is 9.76. The van der Waals surface area contributed by atoms with Gasteiger partial charge in [0.15, 0.2) is 5.65 Å². The molecule has 29 heavy (non-hydrogen) atoms. The second-order valence-corrected chi connectivity index (χ2v) is 7.03. The molecule has 0 unspecified atom stereocenters. The predicted molar refractivity (Wildman–Crippen MR) is 107 cm³/mol. The molecule has 0 aliphatic heterocycles. The fraction of sp³-hybridized carbons (Fsp3) is 0.400. The number of anilines is 2. The zero-order chi connectivity index (χ0) is 20.2. The summed E-state index contributed by atoms with van der Waals surface area (Å²) in [5, 5.41) is 12.1. The third kappa shape index (κ3) is 4.40. The largest absolute Gasteiger partial charge is 0.396 e. The maximum atomic E-state index is 14.1. The second kappa shape index (κ2) is 8.60. The van der Waals surface area contributed by atoms with E-state index in [1.54, 1.807) is 10.8 Å². The van der Waals surface area contributed by atoms with Gasteiger partial charge in [0, 0.05) is 24.9 Å². The van der Waals surface area contributed by atoms with Crippen LogP contribution in [0.25, 0.3) is 11.2 Å². The molecule has 2 aromatic heterocycles. The maximum Gasteiger partial charge on any atom is 0.251 e. The number of aromatic nitrogens is 4. The highest BCUT2D eigenvalue weighted by atomic mass is 19.1. The lowest BCUT2D eigenvalue weighted by Crippen LogP contribution is -2.07. The number of benzene rings is 1. The molecule has 1 aliphatic carbocycles. The summed E-state index contributed by atoms with van der Waals surface area (Å²) >= 11 is 0. The monoisotopic (exact) mass is 400 g/mol. The Morgan fingerprint density at radius 1 is 1.14 bits per heavy atom. The number of aliphatic hydroxyl groups is 1. The average molecular weight is 400 g/mol. The van der Waals surface area contributed by atoms with Crippen LogP contribution in [0, 0.1) is 11.6 Å². The van der Waals surface area contributed by atoms with Gasteiger partial charge in [0.25, 0.3) is 5.95 Å². The first-order valence-electron chi connectivity index (χ1n) is 9.76. The average Bonchev–Trinajstić information content (AvgIpc) is 3.05. The first kappa shape index (κ1) is 19.4. The van der Waals surface area contributed by atoms with Crippen LogP contribution in [-0.2, 0) is 6.54 Å². The van der Waals surface area contributed by atoms with E-state index in [4.69, 9.17) is 0 Å². The number of imidazole rings is 1. The first-order chi connectivity index (χ1) is 14.1. The summed E-state index contributed by atoms with van der Waals surface area (Å²) in [7, 11) is 0. The zero-order valence-electron chi connectivity index (χ0n) is 15.9. The lowest BCUT2D eigenvalue weighted by Gasteiger charge is -2.12. The van der Waals surface area contributed by atoms with Crippen LogP contribution in [0.5, 0.6) is 0 Å². The van der Waals surface area contributed by atoms with Gasteiger partial charge in [-0.25, -0.2) is 23.7 Å². The van der Waals surface area contributed by atoms with E-state index < -0.39 is 11.6 Å². The molecule has 2 N–H and O–H groups in total. The molecule has 0 atom stereocenters. The summed E-state index contributed by atoms with van der Waals surface area (Å²) in [6.45, 7) is 0.412. The van der Waals surface area contributed by atoms with Crippen molar-refractivity contribution >= 4 is 34.5 Å². The SMILES string of the molecule is OCCCn1c(Nc2ccc(F)cc2F)nc2cnc(N=C3CCCCC3)nc21. The molecule has 7 nitrogen and oxygen atoms in total. The minimum Gasteiger partial charge on any atom is -0.396 e. The van der Waals surface area contributed by atoms with Gasteiger partial charge < -0.3 is 10.4 Å². The highest BCUT2D eigenvalue weighted by Gasteiger charge is 2.16. The molecule has 1 saturated carbocycles. The molecule has 9 heteroatoms. The van der Waals surface area contributed by atoms with Crippen LogP contribution >= 0.6 is 0 Å². The molecule has 0 radical (unpaired) electrons. The molecule has 0 amide bonds. The van der Waals surface area contributed by atoms with Crippen molar-refractivity contribution in [3.05, 3.63) is 36.0 Å². The van der Waals surface area contributed by atoms with Gasteiger partial charge in [-0.3, -0.25) is 4.57 Å². The smallest absolute Gasteiger partial charge is 0.251 e. The van der Waals surface area contributed by atoms with Crippen LogP contribution in [0.1, 0.15) is 38.5 Å². The van der Waals surface area contributed by atoms with Gasteiger partial charge in [-0.1, -0.05) is 6.42 Å². The molecular formula is C20H22F2N6O. The molecule has 0 spiro atoms. The van der Waals surface area contributed by atoms with E-state index in [1.165, 1.54) is 18.6 Å². The normalized spacial score (nSPS) is 14.4. The Balaban J connectivity index is 1.71. The van der Waals surface area contributed by atoms with Gasteiger partial charge in [0.1, 0.15) is 17.2 Å². The Labute approximate surface area is 166 Å². The number of rotatable bonds is 6. The van der Waals surface area contributed by atoms with Crippen molar-refractivity contribution in [1.29, 1.82) is 0 Å². The van der Waals surface area contributed by atoms with E-state index in [0.29, 0.717) is 36.0 Å². The lowest BCUT2D eigenvalue weighted by atomic mass is 9.99. The summed E-state index contributed by atoms with van der Waals surface area (Å²) < 4.78 is 29.0. The van der Waals surface area contributed by atoms with Gasteiger partial charge >= 0.3 is 0 Å². The number of aliphatic imine (C=N–C) groups is 1. The van der Waals surface area contributed by atoms with Gasteiger partial charge in [0.05, 0.1) is 11.9 Å². The third-order valence-corrected chi connectivity index (χ3v) is 4.88. The van der Waals surface area contributed by atoms with Crippen molar-refractivity contribution in [1.82, 2.24) is 19.5 Å². The quantitative estimate of drug-likeness (QED) is 0.645. The third-order valence-electron chi connectivity index (χ3n) is 4.88. The maximum absolute atomic E-state index is 14.1. The zero-order valence-corrected chi connectivity index (χ0v) is 15.9. The van der Waals surface area contributed by atoms with Crippen LogP contribution in [0.4, 0.5) is 26.4 Å². The molecular weight excluding hydrogens is 378 g/mol. The van der Waals surface area contributed by atoms with E-state index in [9.17, 15) is 13.9 Å². The number of hydrogen-bond acceptors (Lipinski definition) is 6. The van der Waals surface area contributed by atoms with Crippen molar-refractivity contribution in [2.24, 2.45) is 4.99 Å². The van der Waals surface area contributed by atoms with Crippen molar-refractivity contribution < 1.29 is 13.9 Å². The van der Waals surface area contributed by atoms with Crippen molar-refractivity contribution in [2.75, 3.05) is 11.9 Å². The lowest BCUT2D eigenvalue weighted by molar-refractivity contribution is 0.280. The summed E-state index contributed by atoms with van der Waals surface area (Å²) in [5.41, 5.74) is 2.28. The molecule has 3 aromatic rings. The standard InChI is InChI=1S/C20H22F2N6O/c21-13-7-8-16(15(22)11-13)25-20-26-17-12-23-19(24-14-5-2-1-3-6-14)27-18(17)28(20)9-4-10-29/h7-8,11-12,29H,1-6,9-10H2,(H,25,26). The summed E-state index contributed by atoms with van der Waals surface area (Å²) in [6, 6.07) is 3.29. The summed E-state index contributed by atoms with van der Waals surface area (Å²) in [5.74, 6) is -0.657. The van der Waals surface area contributed by atoms with Crippen LogP contribution in [0.3, 0.4) is 0 Å². The minimum absolute atomic E-state index is 0.00966. The summed E-state index contributed by atoms with van der Waals surface area (Å²) in [4.78, 5) is 17.9. The number of hydrogen-bond donors (Lipinski definition) is 2. The Hall–Kier alpha value is -2.94. The highest BCUT2D eigenvalue weighted by molar-refractivity contribution is 5.87. The Kier molecular flexibility index (Phi) is 5.75. The molecule has 4 rings (SSSR count). The van der Waals surface area contributed by atoms with Crippen molar-refractivity contribution in [3.8, 4) is 0 Å². The van der Waals surface area contributed by atoms with E-state index in [-0.39, 0.29) is 12.3 Å². The van der Waals surface area contributed by atoms with Gasteiger partial charge in [-0.05, 0) is 44.2 Å². The van der Waals surface area contributed by atoms with Gasteiger partial charge in [-0.2, -0.15) is 4.98 Å². The van der Waals surface area contributed by atoms with Gasteiger partial charge in [0.2, 0.25) is 5.95 Å². The number of nitrogens with one attached hydrogen (secondary N) is 1. The molecule has 0 saturated heterocycles. The Morgan fingerprint density at radius 2 is 1.97 bits per heavy atom. The van der Waals surface area contributed by atoms with E-state index in [1.807, 2.05) is 0 Å².